The second-order valence-corrected chi connectivity index (χ2v) is 5.78. The molecule has 0 saturated carbocycles. The van der Waals surface area contributed by atoms with Gasteiger partial charge in [-0.1, -0.05) is 0 Å². The number of benzene rings is 1. The van der Waals surface area contributed by atoms with Gasteiger partial charge in [-0.2, -0.15) is 0 Å². The van der Waals surface area contributed by atoms with Crippen molar-refractivity contribution in [1.29, 1.82) is 0 Å². The van der Waals surface area contributed by atoms with Crippen molar-refractivity contribution < 1.29 is 19.0 Å². The van der Waals surface area contributed by atoms with E-state index in [2.05, 4.69) is 10.3 Å². The van der Waals surface area contributed by atoms with Crippen LogP contribution < -0.4 is 19.5 Å². The number of hydrogen-bond donors (Lipinski definition) is 1. The highest BCUT2D eigenvalue weighted by Crippen LogP contribution is 2.29. The van der Waals surface area contributed by atoms with Gasteiger partial charge in [0.1, 0.15) is 19.0 Å². The molecule has 0 bridgehead atoms. The minimum atomic E-state index is -0.125. The van der Waals surface area contributed by atoms with Crippen molar-refractivity contribution in [2.75, 3.05) is 19.8 Å². The Morgan fingerprint density at radius 2 is 1.88 bits per heavy atom. The molecule has 0 aliphatic carbocycles. The largest absolute Gasteiger partial charge is 0.493 e. The molecule has 0 radical (unpaired) electrons. The average molecular weight is 326 g/mol. The summed E-state index contributed by atoms with van der Waals surface area (Å²) < 4.78 is 16.5. The normalized spacial score (nSPS) is 15.2. The molecule has 1 N–H and O–H groups in total. The van der Waals surface area contributed by atoms with E-state index in [1.54, 1.807) is 18.3 Å². The molecule has 0 saturated heterocycles. The number of carbonyl (C=O) groups is 1. The van der Waals surface area contributed by atoms with Crippen LogP contribution in [0.2, 0.25) is 0 Å². The molecule has 0 unspecified atom stereocenters. The number of ether oxygens (including phenoxy) is 3. The second kappa shape index (κ2) is 6.39. The van der Waals surface area contributed by atoms with Gasteiger partial charge in [0.15, 0.2) is 11.5 Å². The Kier molecular flexibility index (Phi) is 3.94. The highest BCUT2D eigenvalue weighted by molar-refractivity contribution is 5.94. The average Bonchev–Trinajstić information content (AvgIpc) is 2.65. The Bertz CT molecular complexity index is 776. The first-order chi connectivity index (χ1) is 11.8. The molecule has 2 aromatic rings. The maximum absolute atomic E-state index is 12.4. The SMILES string of the molecule is O=C(NCc1cc2c(cn1)OCCO2)c1ccc2c(c1)CCCO2. The molecule has 1 aromatic heterocycles. The smallest absolute Gasteiger partial charge is 0.251 e. The van der Waals surface area contributed by atoms with Gasteiger partial charge in [-0.05, 0) is 36.6 Å². The summed E-state index contributed by atoms with van der Waals surface area (Å²) in [6, 6.07) is 7.36. The zero-order chi connectivity index (χ0) is 16.4. The van der Waals surface area contributed by atoms with Gasteiger partial charge < -0.3 is 19.5 Å². The number of fused-ring (bicyclic) bond motifs is 2. The second-order valence-electron chi connectivity index (χ2n) is 5.78. The lowest BCUT2D eigenvalue weighted by molar-refractivity contribution is 0.0950. The summed E-state index contributed by atoms with van der Waals surface area (Å²) in [6.45, 7) is 2.14. The minimum absolute atomic E-state index is 0.125. The van der Waals surface area contributed by atoms with E-state index in [-0.39, 0.29) is 5.91 Å². The lowest BCUT2D eigenvalue weighted by atomic mass is 10.0. The molecule has 1 aromatic carbocycles. The van der Waals surface area contributed by atoms with Crippen molar-refractivity contribution in [3.63, 3.8) is 0 Å². The van der Waals surface area contributed by atoms with E-state index in [0.717, 1.165) is 36.5 Å². The van der Waals surface area contributed by atoms with Gasteiger partial charge in [-0.25, -0.2) is 0 Å². The van der Waals surface area contributed by atoms with Crippen molar-refractivity contribution in [3.05, 3.63) is 47.3 Å². The lowest BCUT2D eigenvalue weighted by Gasteiger charge is -2.18. The zero-order valence-electron chi connectivity index (χ0n) is 13.2. The molecule has 6 heteroatoms. The van der Waals surface area contributed by atoms with E-state index in [9.17, 15) is 4.79 Å². The fourth-order valence-corrected chi connectivity index (χ4v) is 2.86. The number of aryl methyl sites for hydroxylation is 1. The molecule has 3 heterocycles. The number of amides is 1. The van der Waals surface area contributed by atoms with Crippen LogP contribution in [0.1, 0.15) is 28.0 Å². The molecule has 0 fully saturated rings. The van der Waals surface area contributed by atoms with E-state index >= 15 is 0 Å². The van der Waals surface area contributed by atoms with Gasteiger partial charge in [0.2, 0.25) is 0 Å². The van der Waals surface area contributed by atoms with E-state index in [4.69, 9.17) is 14.2 Å². The summed E-state index contributed by atoms with van der Waals surface area (Å²) in [5, 5.41) is 2.89. The van der Waals surface area contributed by atoms with Crippen LogP contribution in [0.15, 0.2) is 30.5 Å². The molecular weight excluding hydrogens is 308 g/mol. The third-order valence-electron chi connectivity index (χ3n) is 4.09. The maximum Gasteiger partial charge on any atom is 0.251 e. The van der Waals surface area contributed by atoms with Gasteiger partial charge in [-0.3, -0.25) is 9.78 Å². The van der Waals surface area contributed by atoms with E-state index in [0.29, 0.717) is 36.8 Å². The summed E-state index contributed by atoms with van der Waals surface area (Å²) in [6.07, 6.45) is 3.56. The van der Waals surface area contributed by atoms with Crippen molar-refractivity contribution >= 4 is 5.91 Å². The molecule has 124 valence electrons. The molecule has 2 aliphatic rings. The lowest BCUT2D eigenvalue weighted by Crippen LogP contribution is -2.24. The number of pyridine rings is 1. The molecule has 2 aliphatic heterocycles. The van der Waals surface area contributed by atoms with Crippen LogP contribution in [0, 0.1) is 0 Å². The standard InChI is InChI=1S/C18H18N2O4/c21-18(13-3-4-15-12(8-13)2-1-5-22-15)20-10-14-9-16-17(11-19-14)24-7-6-23-16/h3-4,8-9,11H,1-2,5-7,10H2,(H,20,21). The highest BCUT2D eigenvalue weighted by atomic mass is 16.6. The number of nitrogens with zero attached hydrogens (tertiary/aromatic N) is 1. The topological polar surface area (TPSA) is 69.7 Å². The van der Waals surface area contributed by atoms with Crippen molar-refractivity contribution in [1.82, 2.24) is 10.3 Å². The van der Waals surface area contributed by atoms with E-state index < -0.39 is 0 Å². The summed E-state index contributed by atoms with van der Waals surface area (Å²) in [7, 11) is 0. The summed E-state index contributed by atoms with van der Waals surface area (Å²) in [4.78, 5) is 16.6. The molecule has 6 nitrogen and oxygen atoms in total. The Morgan fingerprint density at radius 3 is 2.79 bits per heavy atom. The van der Waals surface area contributed by atoms with Crippen LogP contribution in [0.25, 0.3) is 0 Å². The first-order valence-corrected chi connectivity index (χ1v) is 8.08. The summed E-state index contributed by atoms with van der Waals surface area (Å²) in [5.74, 6) is 2.07. The van der Waals surface area contributed by atoms with Gasteiger partial charge in [0, 0.05) is 11.6 Å². The molecule has 0 spiro atoms. The van der Waals surface area contributed by atoms with Gasteiger partial charge >= 0.3 is 0 Å². The van der Waals surface area contributed by atoms with Crippen LogP contribution in [0.4, 0.5) is 0 Å². The van der Waals surface area contributed by atoms with E-state index in [1.165, 1.54) is 0 Å². The van der Waals surface area contributed by atoms with Gasteiger partial charge in [0.25, 0.3) is 5.91 Å². The summed E-state index contributed by atoms with van der Waals surface area (Å²) >= 11 is 0. The third kappa shape index (κ3) is 2.99. The zero-order valence-corrected chi connectivity index (χ0v) is 13.2. The number of nitrogens with one attached hydrogen (secondary N) is 1. The minimum Gasteiger partial charge on any atom is -0.493 e. The molecule has 1 amide bonds. The molecule has 0 atom stereocenters. The number of rotatable bonds is 3. The van der Waals surface area contributed by atoms with Crippen LogP contribution in [-0.4, -0.2) is 30.7 Å². The molecular formula is C18H18N2O4. The number of aromatic nitrogens is 1. The highest BCUT2D eigenvalue weighted by Gasteiger charge is 2.15. The van der Waals surface area contributed by atoms with Gasteiger partial charge in [-0.15, -0.1) is 0 Å². The monoisotopic (exact) mass is 326 g/mol. The van der Waals surface area contributed by atoms with E-state index in [1.807, 2.05) is 12.1 Å². The first-order valence-electron chi connectivity index (χ1n) is 8.08. The Hall–Kier alpha value is -2.76. The number of hydrogen-bond acceptors (Lipinski definition) is 5. The van der Waals surface area contributed by atoms with Crippen molar-refractivity contribution in [2.24, 2.45) is 0 Å². The fourth-order valence-electron chi connectivity index (χ4n) is 2.86. The maximum atomic E-state index is 12.4. The first kappa shape index (κ1) is 14.8. The Balaban J connectivity index is 1.43. The quantitative estimate of drug-likeness (QED) is 0.935. The van der Waals surface area contributed by atoms with Crippen LogP contribution in [0.5, 0.6) is 17.2 Å². The third-order valence-corrected chi connectivity index (χ3v) is 4.09. The summed E-state index contributed by atoms with van der Waals surface area (Å²) in [5.41, 5.74) is 2.46. The van der Waals surface area contributed by atoms with Crippen LogP contribution in [-0.2, 0) is 13.0 Å². The Morgan fingerprint density at radius 1 is 1.04 bits per heavy atom. The van der Waals surface area contributed by atoms with Crippen molar-refractivity contribution in [2.45, 2.75) is 19.4 Å². The van der Waals surface area contributed by atoms with Crippen LogP contribution in [0.3, 0.4) is 0 Å². The van der Waals surface area contributed by atoms with Crippen LogP contribution >= 0.6 is 0 Å². The van der Waals surface area contributed by atoms with Crippen molar-refractivity contribution in [3.8, 4) is 17.2 Å². The molecule has 4 rings (SSSR count). The predicted molar refractivity (Wildman–Crippen MR) is 86.7 cm³/mol. The molecule has 24 heavy (non-hydrogen) atoms. The Labute approximate surface area is 139 Å². The fraction of sp³-hybridized carbons (Fsp3) is 0.333. The predicted octanol–water partition coefficient (Wildman–Crippen LogP) is 2.11. The van der Waals surface area contributed by atoms with Gasteiger partial charge in [0.05, 0.1) is 25.0 Å². The number of carbonyl (C=O) groups excluding carboxylic acids is 1.